The lowest BCUT2D eigenvalue weighted by molar-refractivity contribution is 0.302. The standard InChI is InChI=1S/C13H25N/c1-11(2)9-13(14-3)10-12-7-5-4-6-8-12/h12-14H,1,4-10H2,2-3H3. The second-order valence-electron chi connectivity index (χ2n) is 4.89. The molecule has 0 amide bonds. The summed E-state index contributed by atoms with van der Waals surface area (Å²) in [5, 5.41) is 3.42. The van der Waals surface area contributed by atoms with E-state index in [1.54, 1.807) is 0 Å². The zero-order valence-electron chi connectivity index (χ0n) is 9.81. The fourth-order valence-electron chi connectivity index (χ4n) is 2.55. The van der Waals surface area contributed by atoms with Crippen LogP contribution in [0.15, 0.2) is 12.2 Å². The number of rotatable bonds is 5. The maximum absolute atomic E-state index is 4.00. The summed E-state index contributed by atoms with van der Waals surface area (Å²) < 4.78 is 0. The lowest BCUT2D eigenvalue weighted by Crippen LogP contribution is -2.28. The number of nitrogens with one attached hydrogen (secondary N) is 1. The first-order valence-corrected chi connectivity index (χ1v) is 6.04. The van der Waals surface area contributed by atoms with Gasteiger partial charge >= 0.3 is 0 Å². The van der Waals surface area contributed by atoms with Crippen LogP contribution in [0.3, 0.4) is 0 Å². The lowest BCUT2D eigenvalue weighted by Gasteiger charge is -2.26. The van der Waals surface area contributed by atoms with Gasteiger partial charge in [0.2, 0.25) is 0 Å². The summed E-state index contributed by atoms with van der Waals surface area (Å²) in [5.41, 5.74) is 1.31. The molecule has 1 fully saturated rings. The second-order valence-corrected chi connectivity index (χ2v) is 4.89. The maximum Gasteiger partial charge on any atom is 0.0104 e. The molecule has 0 bridgehead atoms. The van der Waals surface area contributed by atoms with E-state index in [1.807, 2.05) is 0 Å². The molecule has 1 heteroatoms. The molecule has 1 unspecified atom stereocenters. The molecule has 0 heterocycles. The van der Waals surface area contributed by atoms with E-state index in [0.717, 1.165) is 12.3 Å². The van der Waals surface area contributed by atoms with E-state index in [-0.39, 0.29) is 0 Å². The van der Waals surface area contributed by atoms with Crippen LogP contribution in [-0.4, -0.2) is 13.1 Å². The normalized spacial score (nSPS) is 20.7. The van der Waals surface area contributed by atoms with Crippen molar-refractivity contribution in [2.24, 2.45) is 5.92 Å². The monoisotopic (exact) mass is 195 g/mol. The van der Waals surface area contributed by atoms with Crippen molar-refractivity contribution >= 4 is 0 Å². The first-order valence-electron chi connectivity index (χ1n) is 6.04. The Balaban J connectivity index is 2.27. The van der Waals surface area contributed by atoms with Crippen LogP contribution in [0.4, 0.5) is 0 Å². The van der Waals surface area contributed by atoms with Crippen molar-refractivity contribution in [2.75, 3.05) is 7.05 Å². The largest absolute Gasteiger partial charge is 0.317 e. The Morgan fingerprint density at radius 1 is 1.36 bits per heavy atom. The van der Waals surface area contributed by atoms with Gasteiger partial charge in [0.15, 0.2) is 0 Å². The van der Waals surface area contributed by atoms with Crippen LogP contribution in [0, 0.1) is 5.92 Å². The minimum Gasteiger partial charge on any atom is -0.317 e. The molecule has 1 aliphatic carbocycles. The van der Waals surface area contributed by atoms with E-state index in [9.17, 15) is 0 Å². The van der Waals surface area contributed by atoms with Crippen molar-refractivity contribution in [3.63, 3.8) is 0 Å². The van der Waals surface area contributed by atoms with E-state index in [1.165, 1.54) is 44.1 Å². The minimum absolute atomic E-state index is 0.663. The second kappa shape index (κ2) is 6.23. The molecule has 0 aromatic rings. The zero-order chi connectivity index (χ0) is 10.4. The third kappa shape index (κ3) is 4.28. The fraction of sp³-hybridized carbons (Fsp3) is 0.846. The molecule has 1 nitrogen and oxygen atoms in total. The molecular formula is C13H25N. The van der Waals surface area contributed by atoms with Gasteiger partial charge in [-0.15, -0.1) is 6.58 Å². The average molecular weight is 195 g/mol. The molecule has 82 valence electrons. The topological polar surface area (TPSA) is 12.0 Å². The van der Waals surface area contributed by atoms with Crippen LogP contribution in [0.2, 0.25) is 0 Å². The Kier molecular flexibility index (Phi) is 5.24. The summed E-state index contributed by atoms with van der Waals surface area (Å²) in [6, 6.07) is 0.663. The van der Waals surface area contributed by atoms with Crippen LogP contribution in [0.1, 0.15) is 51.9 Å². The van der Waals surface area contributed by atoms with Crippen molar-refractivity contribution in [1.82, 2.24) is 5.32 Å². The van der Waals surface area contributed by atoms with Crippen molar-refractivity contribution in [3.8, 4) is 0 Å². The Bertz CT molecular complexity index is 168. The maximum atomic E-state index is 4.00. The number of hydrogen-bond donors (Lipinski definition) is 1. The van der Waals surface area contributed by atoms with E-state index < -0.39 is 0 Å². The molecule has 0 saturated heterocycles. The van der Waals surface area contributed by atoms with E-state index >= 15 is 0 Å². The van der Waals surface area contributed by atoms with Crippen LogP contribution in [-0.2, 0) is 0 Å². The summed E-state index contributed by atoms with van der Waals surface area (Å²) in [6.07, 6.45) is 9.77. The smallest absolute Gasteiger partial charge is 0.0104 e. The van der Waals surface area contributed by atoms with E-state index in [2.05, 4.69) is 25.9 Å². The highest BCUT2D eigenvalue weighted by atomic mass is 14.9. The van der Waals surface area contributed by atoms with Crippen LogP contribution >= 0.6 is 0 Å². The first-order chi connectivity index (χ1) is 6.72. The molecule has 0 aromatic carbocycles. The molecular weight excluding hydrogens is 170 g/mol. The summed E-state index contributed by atoms with van der Waals surface area (Å²) >= 11 is 0. The van der Waals surface area contributed by atoms with Gasteiger partial charge in [-0.3, -0.25) is 0 Å². The fourth-order valence-corrected chi connectivity index (χ4v) is 2.55. The molecule has 0 spiro atoms. The van der Waals surface area contributed by atoms with Gasteiger partial charge in [0, 0.05) is 6.04 Å². The first kappa shape index (κ1) is 11.8. The van der Waals surface area contributed by atoms with Crippen molar-refractivity contribution in [1.29, 1.82) is 0 Å². The van der Waals surface area contributed by atoms with Gasteiger partial charge in [-0.1, -0.05) is 37.7 Å². The van der Waals surface area contributed by atoms with Gasteiger partial charge in [-0.2, -0.15) is 0 Å². The van der Waals surface area contributed by atoms with Crippen LogP contribution < -0.4 is 5.32 Å². The summed E-state index contributed by atoms with van der Waals surface area (Å²) in [4.78, 5) is 0. The van der Waals surface area contributed by atoms with Gasteiger partial charge in [-0.25, -0.2) is 0 Å². The Hall–Kier alpha value is -0.300. The molecule has 0 radical (unpaired) electrons. The Labute approximate surface area is 89.0 Å². The van der Waals surface area contributed by atoms with Gasteiger partial charge < -0.3 is 5.32 Å². The molecule has 1 aliphatic rings. The lowest BCUT2D eigenvalue weighted by atomic mass is 9.84. The highest BCUT2D eigenvalue weighted by Crippen LogP contribution is 2.28. The van der Waals surface area contributed by atoms with Crippen molar-refractivity contribution in [3.05, 3.63) is 12.2 Å². The van der Waals surface area contributed by atoms with Gasteiger partial charge in [-0.05, 0) is 32.7 Å². The molecule has 1 N–H and O–H groups in total. The van der Waals surface area contributed by atoms with E-state index in [4.69, 9.17) is 0 Å². The van der Waals surface area contributed by atoms with Gasteiger partial charge in [0.25, 0.3) is 0 Å². The number of hydrogen-bond acceptors (Lipinski definition) is 1. The molecule has 1 saturated carbocycles. The third-order valence-electron chi connectivity index (χ3n) is 3.35. The predicted molar refractivity (Wildman–Crippen MR) is 63.5 cm³/mol. The minimum atomic E-state index is 0.663. The highest BCUT2D eigenvalue weighted by Gasteiger charge is 2.17. The molecule has 0 aliphatic heterocycles. The Morgan fingerprint density at radius 3 is 2.50 bits per heavy atom. The van der Waals surface area contributed by atoms with Crippen LogP contribution in [0.25, 0.3) is 0 Å². The highest BCUT2D eigenvalue weighted by molar-refractivity contribution is 4.93. The molecule has 0 aromatic heterocycles. The third-order valence-corrected chi connectivity index (χ3v) is 3.35. The average Bonchev–Trinajstić information content (AvgIpc) is 2.17. The van der Waals surface area contributed by atoms with Gasteiger partial charge in [0.05, 0.1) is 0 Å². The quantitative estimate of drug-likeness (QED) is 0.662. The predicted octanol–water partition coefficient (Wildman–Crippen LogP) is 3.51. The molecule has 1 atom stereocenters. The summed E-state index contributed by atoms with van der Waals surface area (Å²) in [5.74, 6) is 0.973. The SMILES string of the molecule is C=C(C)CC(CC1CCCCC1)NC. The molecule has 14 heavy (non-hydrogen) atoms. The van der Waals surface area contributed by atoms with Gasteiger partial charge in [0.1, 0.15) is 0 Å². The molecule has 1 rings (SSSR count). The van der Waals surface area contributed by atoms with E-state index in [0.29, 0.717) is 6.04 Å². The zero-order valence-corrected chi connectivity index (χ0v) is 9.81. The Morgan fingerprint density at radius 2 is 2.00 bits per heavy atom. The van der Waals surface area contributed by atoms with Crippen molar-refractivity contribution < 1.29 is 0 Å². The van der Waals surface area contributed by atoms with Crippen LogP contribution in [0.5, 0.6) is 0 Å². The summed E-state index contributed by atoms with van der Waals surface area (Å²) in [7, 11) is 2.08. The summed E-state index contributed by atoms with van der Waals surface area (Å²) in [6.45, 7) is 6.13. The van der Waals surface area contributed by atoms with Crippen molar-refractivity contribution in [2.45, 2.75) is 57.9 Å².